The van der Waals surface area contributed by atoms with Gasteiger partial charge in [0.1, 0.15) is 0 Å². The van der Waals surface area contributed by atoms with Gasteiger partial charge in [-0.05, 0) is 18.4 Å². The number of rotatable bonds is 4. The molecule has 0 radical (unpaired) electrons. The van der Waals surface area contributed by atoms with Crippen LogP contribution in [0.3, 0.4) is 0 Å². The average molecular weight is 128 g/mol. The highest BCUT2D eigenvalue weighted by molar-refractivity contribution is 7.79. The van der Waals surface area contributed by atoms with Crippen LogP contribution in [0.5, 0.6) is 0 Å². The second kappa shape index (κ2) is 4.98. The lowest BCUT2D eigenvalue weighted by Crippen LogP contribution is -1.78. The molecule has 0 aromatic carbocycles. The van der Waals surface area contributed by atoms with Crippen LogP contribution in [0.15, 0.2) is 12.2 Å². The molecule has 0 atom stereocenters. The van der Waals surface area contributed by atoms with E-state index in [1.165, 1.54) is 12.8 Å². The Morgan fingerprint density at radius 1 is 1.75 bits per heavy atom. The van der Waals surface area contributed by atoms with Crippen molar-refractivity contribution in [3.8, 4) is 0 Å². The van der Waals surface area contributed by atoms with Crippen LogP contribution >= 0.6 is 12.2 Å². The Morgan fingerprint density at radius 3 is 2.75 bits per heavy atom. The summed E-state index contributed by atoms with van der Waals surface area (Å²) in [5.41, 5.74) is 1.09. The first kappa shape index (κ1) is 7.83. The maximum Gasteiger partial charge on any atom is 0.00397 e. The molecular weight excluding hydrogens is 116 g/mol. The lowest BCUT2D eigenvalue weighted by Gasteiger charge is -1.92. The first-order valence-electron chi connectivity index (χ1n) is 2.94. The maximum atomic E-state index is 4.66. The normalized spacial score (nSPS) is 8.62. The van der Waals surface area contributed by atoms with Crippen LogP contribution in [0.2, 0.25) is 0 Å². The lowest BCUT2D eigenvalue weighted by molar-refractivity contribution is 0.807. The van der Waals surface area contributed by atoms with Gasteiger partial charge in [-0.3, -0.25) is 0 Å². The fraction of sp³-hybridized carbons (Fsp3) is 0.571. The van der Waals surface area contributed by atoms with Crippen LogP contribution in [0.1, 0.15) is 26.2 Å². The van der Waals surface area contributed by atoms with Gasteiger partial charge < -0.3 is 0 Å². The smallest absolute Gasteiger partial charge is 0.00397 e. The van der Waals surface area contributed by atoms with Crippen molar-refractivity contribution in [2.45, 2.75) is 26.2 Å². The van der Waals surface area contributed by atoms with Crippen LogP contribution in [-0.4, -0.2) is 5.37 Å². The molecule has 0 amide bonds. The molecule has 0 nitrogen and oxygen atoms in total. The molecule has 0 rings (SSSR count). The number of hydrogen-bond donors (Lipinski definition) is 0. The molecule has 0 aromatic heterocycles. The van der Waals surface area contributed by atoms with E-state index in [-0.39, 0.29) is 0 Å². The van der Waals surface area contributed by atoms with Gasteiger partial charge in [-0.2, -0.15) is 0 Å². The fourth-order valence-corrected chi connectivity index (χ4v) is 0.581. The molecule has 46 valence electrons. The highest BCUT2D eigenvalue weighted by Gasteiger charge is 1.84. The molecule has 0 saturated heterocycles. The molecule has 0 N–H and O–H groups in total. The summed E-state index contributed by atoms with van der Waals surface area (Å²) < 4.78 is 0. The molecule has 0 fully saturated rings. The van der Waals surface area contributed by atoms with Crippen molar-refractivity contribution in [3.63, 3.8) is 0 Å². The third-order valence-corrected chi connectivity index (χ3v) is 1.35. The minimum atomic E-state index is 1.07. The van der Waals surface area contributed by atoms with Gasteiger partial charge in [0.25, 0.3) is 0 Å². The Balaban J connectivity index is 3.11. The summed E-state index contributed by atoms with van der Waals surface area (Å²) in [4.78, 5) is 0. The zero-order valence-corrected chi connectivity index (χ0v) is 6.13. The van der Waals surface area contributed by atoms with Crippen LogP contribution in [0, 0.1) is 0 Å². The van der Waals surface area contributed by atoms with E-state index < -0.39 is 0 Å². The summed E-state index contributed by atoms with van der Waals surface area (Å²) in [6.45, 7) is 5.91. The lowest BCUT2D eigenvalue weighted by atomic mass is 10.2. The van der Waals surface area contributed by atoms with Crippen molar-refractivity contribution in [2.75, 3.05) is 0 Å². The fourth-order valence-electron chi connectivity index (χ4n) is 0.463. The molecule has 0 aromatic rings. The Hall–Kier alpha value is -0.170. The van der Waals surface area contributed by atoms with E-state index in [4.69, 9.17) is 0 Å². The molecule has 8 heavy (non-hydrogen) atoms. The largest absolute Gasteiger partial charge is 0.0950 e. The van der Waals surface area contributed by atoms with E-state index in [0.29, 0.717) is 0 Å². The summed E-state index contributed by atoms with van der Waals surface area (Å²) in [7, 11) is 0. The van der Waals surface area contributed by atoms with Crippen molar-refractivity contribution < 1.29 is 0 Å². The Morgan fingerprint density at radius 2 is 2.38 bits per heavy atom. The molecule has 1 heteroatoms. The van der Waals surface area contributed by atoms with Gasteiger partial charge in [0.05, 0.1) is 0 Å². The SMILES string of the molecule is C=C(C=S)CCCC. The first-order chi connectivity index (χ1) is 3.81. The predicted octanol–water partition coefficient (Wildman–Crippen LogP) is 2.73. The number of thiocarbonyl (C=S) groups is 1. The van der Waals surface area contributed by atoms with Crippen LogP contribution in [0.4, 0.5) is 0 Å². The molecule has 0 aliphatic rings. The summed E-state index contributed by atoms with van der Waals surface area (Å²) in [6, 6.07) is 0. The number of hydrogen-bond acceptors (Lipinski definition) is 1. The summed E-state index contributed by atoms with van der Waals surface area (Å²) in [5.74, 6) is 0. The zero-order valence-electron chi connectivity index (χ0n) is 5.31. The Kier molecular flexibility index (Phi) is 4.87. The highest BCUT2D eigenvalue weighted by Crippen LogP contribution is 2.01. The van der Waals surface area contributed by atoms with E-state index in [2.05, 4.69) is 25.7 Å². The molecule has 0 bridgehead atoms. The zero-order chi connectivity index (χ0) is 6.41. The second-order valence-electron chi connectivity index (χ2n) is 1.88. The molecular formula is C7H12S. The van der Waals surface area contributed by atoms with E-state index in [1.54, 1.807) is 5.37 Å². The summed E-state index contributed by atoms with van der Waals surface area (Å²) >= 11 is 4.66. The van der Waals surface area contributed by atoms with E-state index in [0.717, 1.165) is 12.0 Å². The van der Waals surface area contributed by atoms with Gasteiger partial charge in [0.2, 0.25) is 0 Å². The molecule has 0 aliphatic carbocycles. The monoisotopic (exact) mass is 128 g/mol. The minimum Gasteiger partial charge on any atom is -0.0950 e. The Labute approximate surface area is 56.6 Å². The topological polar surface area (TPSA) is 0 Å². The third-order valence-electron chi connectivity index (χ3n) is 1.02. The van der Waals surface area contributed by atoms with Crippen molar-refractivity contribution in [2.24, 2.45) is 0 Å². The molecule has 0 heterocycles. The van der Waals surface area contributed by atoms with Gasteiger partial charge in [-0.25, -0.2) is 0 Å². The predicted molar refractivity (Wildman–Crippen MR) is 42.3 cm³/mol. The van der Waals surface area contributed by atoms with Crippen LogP contribution in [-0.2, 0) is 0 Å². The molecule has 0 unspecified atom stereocenters. The van der Waals surface area contributed by atoms with Crippen LogP contribution in [0.25, 0.3) is 0 Å². The van der Waals surface area contributed by atoms with Gasteiger partial charge in [-0.1, -0.05) is 32.1 Å². The quantitative estimate of drug-likeness (QED) is 0.414. The standard InChI is InChI=1S/C7H12S/c1-3-4-5-7(2)6-8/h6H,2-5H2,1H3. The number of unbranched alkanes of at least 4 members (excludes halogenated alkanes) is 1. The average Bonchev–Trinajstić information content (AvgIpc) is 1.83. The van der Waals surface area contributed by atoms with Crippen molar-refractivity contribution in [3.05, 3.63) is 12.2 Å². The van der Waals surface area contributed by atoms with Gasteiger partial charge in [0.15, 0.2) is 0 Å². The summed E-state index contributed by atoms with van der Waals surface area (Å²) in [6.07, 6.45) is 3.51. The summed E-state index contributed by atoms with van der Waals surface area (Å²) in [5, 5.41) is 1.66. The van der Waals surface area contributed by atoms with E-state index >= 15 is 0 Å². The van der Waals surface area contributed by atoms with Crippen molar-refractivity contribution in [1.82, 2.24) is 0 Å². The van der Waals surface area contributed by atoms with Gasteiger partial charge in [0, 0.05) is 5.37 Å². The molecule has 0 spiro atoms. The van der Waals surface area contributed by atoms with Gasteiger partial charge in [-0.15, -0.1) is 0 Å². The van der Waals surface area contributed by atoms with Crippen LogP contribution < -0.4 is 0 Å². The maximum absolute atomic E-state index is 4.66. The third kappa shape index (κ3) is 4.00. The first-order valence-corrected chi connectivity index (χ1v) is 3.41. The van der Waals surface area contributed by atoms with Gasteiger partial charge >= 0.3 is 0 Å². The van der Waals surface area contributed by atoms with E-state index in [1.807, 2.05) is 0 Å². The minimum absolute atomic E-state index is 1.07. The van der Waals surface area contributed by atoms with Crippen molar-refractivity contribution in [1.29, 1.82) is 0 Å². The molecule has 0 aliphatic heterocycles. The molecule has 0 saturated carbocycles. The van der Waals surface area contributed by atoms with E-state index in [9.17, 15) is 0 Å². The number of allylic oxidation sites excluding steroid dienone is 1. The van der Waals surface area contributed by atoms with Crippen molar-refractivity contribution >= 4 is 17.6 Å². The second-order valence-corrected chi connectivity index (χ2v) is 2.12. The Bertz CT molecular complexity index is 84.4. The highest BCUT2D eigenvalue weighted by atomic mass is 32.1.